The first kappa shape index (κ1) is 13.8. The SMILES string of the molecule is O=C1CC(c2ccc(C(=O)O)cc2)c2c(ccc3nsnc23)N1. The topological polar surface area (TPSA) is 92.2 Å². The zero-order valence-electron chi connectivity index (χ0n) is 11.8. The Labute approximate surface area is 135 Å². The number of anilines is 1. The minimum Gasteiger partial charge on any atom is -0.478 e. The number of carboxylic acid groups (broad SMARTS) is 1. The van der Waals surface area contributed by atoms with Crippen molar-refractivity contribution >= 4 is 40.3 Å². The zero-order valence-corrected chi connectivity index (χ0v) is 12.6. The number of hydrogen-bond acceptors (Lipinski definition) is 5. The number of nitrogens with one attached hydrogen (secondary N) is 1. The van der Waals surface area contributed by atoms with Crippen LogP contribution in [0.3, 0.4) is 0 Å². The molecular weight excluding hydrogens is 314 g/mol. The molecule has 3 aromatic rings. The van der Waals surface area contributed by atoms with Gasteiger partial charge in [0.1, 0.15) is 11.0 Å². The quantitative estimate of drug-likeness (QED) is 0.756. The van der Waals surface area contributed by atoms with Crippen LogP contribution < -0.4 is 5.32 Å². The predicted octanol–water partition coefficient (Wildman–Crippen LogP) is 2.86. The summed E-state index contributed by atoms with van der Waals surface area (Å²) in [5.41, 5.74) is 4.40. The normalized spacial score (nSPS) is 16.9. The third-order valence-corrected chi connectivity index (χ3v) is 4.58. The maximum Gasteiger partial charge on any atom is 0.335 e. The highest BCUT2D eigenvalue weighted by Crippen LogP contribution is 2.40. The second kappa shape index (κ2) is 5.13. The number of fused-ring (bicyclic) bond motifs is 3. The lowest BCUT2D eigenvalue weighted by atomic mass is 9.84. The summed E-state index contributed by atoms with van der Waals surface area (Å²) in [5.74, 6) is -1.19. The van der Waals surface area contributed by atoms with Gasteiger partial charge in [-0.3, -0.25) is 4.79 Å². The Balaban J connectivity index is 1.88. The van der Waals surface area contributed by atoms with Crippen LogP contribution in [0.15, 0.2) is 36.4 Å². The Morgan fingerprint density at radius 3 is 2.70 bits per heavy atom. The number of benzene rings is 2. The van der Waals surface area contributed by atoms with Gasteiger partial charge in [-0.05, 0) is 29.8 Å². The molecule has 114 valence electrons. The Morgan fingerprint density at radius 1 is 1.17 bits per heavy atom. The van der Waals surface area contributed by atoms with Crippen LogP contribution >= 0.6 is 11.7 Å². The van der Waals surface area contributed by atoms with Crippen molar-refractivity contribution in [1.29, 1.82) is 0 Å². The van der Waals surface area contributed by atoms with E-state index < -0.39 is 5.97 Å². The summed E-state index contributed by atoms with van der Waals surface area (Å²) >= 11 is 1.14. The fourth-order valence-electron chi connectivity index (χ4n) is 2.96. The van der Waals surface area contributed by atoms with Crippen molar-refractivity contribution in [2.45, 2.75) is 12.3 Å². The molecule has 0 spiro atoms. The summed E-state index contributed by atoms with van der Waals surface area (Å²) in [6.07, 6.45) is 0.302. The third kappa shape index (κ3) is 2.25. The molecule has 6 nitrogen and oxygen atoms in total. The molecule has 2 N–H and O–H groups in total. The summed E-state index contributed by atoms with van der Waals surface area (Å²) in [7, 11) is 0. The van der Waals surface area contributed by atoms with E-state index in [1.165, 1.54) is 0 Å². The number of amides is 1. The Morgan fingerprint density at radius 2 is 1.96 bits per heavy atom. The van der Waals surface area contributed by atoms with Crippen LogP contribution in [-0.2, 0) is 4.79 Å². The highest BCUT2D eigenvalue weighted by atomic mass is 32.1. The first-order valence-corrected chi connectivity index (χ1v) is 7.75. The van der Waals surface area contributed by atoms with Gasteiger partial charge in [0.15, 0.2) is 0 Å². The van der Waals surface area contributed by atoms with E-state index in [4.69, 9.17) is 5.11 Å². The van der Waals surface area contributed by atoms with Gasteiger partial charge in [-0.2, -0.15) is 8.75 Å². The molecule has 0 aliphatic carbocycles. The number of rotatable bonds is 2. The lowest BCUT2D eigenvalue weighted by Gasteiger charge is -2.26. The van der Waals surface area contributed by atoms with Crippen molar-refractivity contribution in [3.05, 3.63) is 53.1 Å². The molecule has 23 heavy (non-hydrogen) atoms. The monoisotopic (exact) mass is 325 g/mol. The molecule has 2 aromatic carbocycles. The van der Waals surface area contributed by atoms with Gasteiger partial charge >= 0.3 is 5.97 Å². The molecular formula is C16H11N3O3S. The number of carbonyl (C=O) groups excluding carboxylic acids is 1. The summed E-state index contributed by atoms with van der Waals surface area (Å²) < 4.78 is 8.62. The highest BCUT2D eigenvalue weighted by molar-refractivity contribution is 7.00. The van der Waals surface area contributed by atoms with Gasteiger partial charge in [0, 0.05) is 23.6 Å². The van der Waals surface area contributed by atoms with Crippen LogP contribution in [0, 0.1) is 0 Å². The van der Waals surface area contributed by atoms with E-state index in [0.717, 1.165) is 39.6 Å². The smallest absolute Gasteiger partial charge is 0.335 e. The van der Waals surface area contributed by atoms with Crippen molar-refractivity contribution in [2.75, 3.05) is 5.32 Å². The summed E-state index contributed by atoms with van der Waals surface area (Å²) in [4.78, 5) is 23.0. The standard InChI is InChI=1S/C16H11N3O3S/c20-13-7-10(8-1-3-9(4-2-8)16(21)22)14-11(17-13)5-6-12-15(14)19-23-18-12/h1-6,10H,7H2,(H,17,20)(H,21,22). The zero-order chi connectivity index (χ0) is 16.0. The van der Waals surface area contributed by atoms with Crippen LogP contribution in [0.2, 0.25) is 0 Å². The van der Waals surface area contributed by atoms with Crippen LogP contribution in [0.25, 0.3) is 11.0 Å². The molecule has 1 aliphatic heterocycles. The van der Waals surface area contributed by atoms with Gasteiger partial charge in [0.2, 0.25) is 5.91 Å². The molecule has 1 aromatic heterocycles. The Bertz CT molecular complexity index is 933. The molecule has 1 atom stereocenters. The minimum atomic E-state index is -0.968. The average molecular weight is 325 g/mol. The Hall–Kier alpha value is -2.80. The molecule has 2 heterocycles. The average Bonchev–Trinajstić information content (AvgIpc) is 3.02. The molecule has 1 unspecified atom stereocenters. The van der Waals surface area contributed by atoms with E-state index in [-0.39, 0.29) is 17.4 Å². The van der Waals surface area contributed by atoms with Crippen LogP contribution in [0.4, 0.5) is 5.69 Å². The molecule has 0 bridgehead atoms. The maximum absolute atomic E-state index is 12.0. The Kier molecular flexibility index (Phi) is 3.09. The molecule has 4 rings (SSSR count). The van der Waals surface area contributed by atoms with Crippen molar-refractivity contribution in [2.24, 2.45) is 0 Å². The number of aromatic nitrogens is 2. The first-order valence-electron chi connectivity index (χ1n) is 7.02. The molecule has 0 saturated carbocycles. The second-order valence-corrected chi connectivity index (χ2v) is 5.92. The van der Waals surface area contributed by atoms with Gasteiger partial charge < -0.3 is 10.4 Å². The van der Waals surface area contributed by atoms with Crippen LogP contribution in [-0.4, -0.2) is 25.7 Å². The lowest BCUT2D eigenvalue weighted by Crippen LogP contribution is -2.23. The van der Waals surface area contributed by atoms with Crippen molar-refractivity contribution in [3.8, 4) is 0 Å². The fraction of sp³-hybridized carbons (Fsp3) is 0.125. The molecule has 7 heteroatoms. The van der Waals surface area contributed by atoms with Gasteiger partial charge in [-0.1, -0.05) is 12.1 Å². The van der Waals surface area contributed by atoms with E-state index in [9.17, 15) is 9.59 Å². The first-order chi connectivity index (χ1) is 11.1. The molecule has 1 amide bonds. The maximum atomic E-state index is 12.0. The van der Waals surface area contributed by atoms with Crippen molar-refractivity contribution in [1.82, 2.24) is 8.75 Å². The molecule has 0 fully saturated rings. The number of carbonyl (C=O) groups is 2. The van der Waals surface area contributed by atoms with Gasteiger partial charge in [0.05, 0.1) is 17.3 Å². The van der Waals surface area contributed by atoms with Gasteiger partial charge in [0.25, 0.3) is 0 Å². The predicted molar refractivity (Wildman–Crippen MR) is 85.9 cm³/mol. The van der Waals surface area contributed by atoms with Gasteiger partial charge in [-0.25, -0.2) is 4.79 Å². The highest BCUT2D eigenvalue weighted by Gasteiger charge is 2.29. The molecule has 1 aliphatic rings. The number of nitrogens with zero attached hydrogens (tertiary/aromatic N) is 2. The van der Waals surface area contributed by atoms with Crippen molar-refractivity contribution < 1.29 is 14.7 Å². The fourth-order valence-corrected chi connectivity index (χ4v) is 3.51. The van der Waals surface area contributed by atoms with Crippen LogP contribution in [0.1, 0.15) is 33.8 Å². The molecule has 0 radical (unpaired) electrons. The third-order valence-electron chi connectivity index (χ3n) is 4.04. The van der Waals surface area contributed by atoms with E-state index in [1.807, 2.05) is 12.1 Å². The summed E-state index contributed by atoms with van der Waals surface area (Å²) in [6.45, 7) is 0. The second-order valence-electron chi connectivity index (χ2n) is 5.39. The summed E-state index contributed by atoms with van der Waals surface area (Å²) in [6, 6.07) is 10.3. The van der Waals surface area contributed by atoms with Crippen molar-refractivity contribution in [3.63, 3.8) is 0 Å². The van der Waals surface area contributed by atoms with E-state index in [2.05, 4.69) is 14.1 Å². The lowest BCUT2D eigenvalue weighted by molar-refractivity contribution is -0.116. The number of carboxylic acids is 1. The van der Waals surface area contributed by atoms with Gasteiger partial charge in [-0.15, -0.1) is 0 Å². The van der Waals surface area contributed by atoms with E-state index in [0.29, 0.717) is 6.42 Å². The number of hydrogen-bond donors (Lipinski definition) is 2. The minimum absolute atomic E-state index is 0.0626. The number of aromatic carboxylic acids is 1. The largest absolute Gasteiger partial charge is 0.478 e. The van der Waals surface area contributed by atoms with E-state index in [1.54, 1.807) is 24.3 Å². The van der Waals surface area contributed by atoms with Crippen LogP contribution in [0.5, 0.6) is 0 Å². The van der Waals surface area contributed by atoms with E-state index >= 15 is 0 Å². The summed E-state index contributed by atoms with van der Waals surface area (Å²) in [5, 5.41) is 11.9. The molecule has 0 saturated heterocycles.